The average Bonchev–Trinajstić information content (AvgIpc) is 2.34. The second-order valence-electron chi connectivity index (χ2n) is 4.73. The molecule has 0 saturated heterocycles. The van der Waals surface area contributed by atoms with Crippen LogP contribution in [0.1, 0.15) is 39.5 Å². The Balaban J connectivity index is -0.00000162. The minimum atomic E-state index is -1.01. The van der Waals surface area contributed by atoms with Crippen LogP contribution in [0.15, 0.2) is 0 Å². The van der Waals surface area contributed by atoms with Crippen LogP contribution in [0.3, 0.4) is 0 Å². The van der Waals surface area contributed by atoms with E-state index >= 15 is 0 Å². The number of carboxylic acids is 2. The number of halogens is 2. The predicted molar refractivity (Wildman–Crippen MR) is 83.7 cm³/mol. The predicted octanol–water partition coefficient (Wildman–Crippen LogP) is 2.62. The summed E-state index contributed by atoms with van der Waals surface area (Å²) in [7, 11) is 0. The van der Waals surface area contributed by atoms with Crippen LogP contribution in [-0.2, 0) is 19.1 Å². The van der Waals surface area contributed by atoms with Crippen molar-refractivity contribution in [2.75, 3.05) is 26.4 Å². The van der Waals surface area contributed by atoms with E-state index in [1.165, 1.54) is 0 Å². The van der Waals surface area contributed by atoms with Crippen molar-refractivity contribution in [1.29, 1.82) is 0 Å². The van der Waals surface area contributed by atoms with Gasteiger partial charge in [-0.25, -0.2) is 9.59 Å². The Kier molecular flexibility index (Phi) is 17.4. The quantitative estimate of drug-likeness (QED) is 0.563. The highest BCUT2D eigenvalue weighted by molar-refractivity contribution is 5.85. The Bertz CT molecular complexity index is 266. The van der Waals surface area contributed by atoms with E-state index < -0.39 is 11.9 Å². The van der Waals surface area contributed by atoms with Gasteiger partial charge in [0.05, 0.1) is 13.2 Å². The van der Waals surface area contributed by atoms with Gasteiger partial charge in [0.1, 0.15) is 13.2 Å². The van der Waals surface area contributed by atoms with Gasteiger partial charge >= 0.3 is 11.9 Å². The van der Waals surface area contributed by atoms with Gasteiger partial charge in [-0.05, 0) is 12.8 Å². The average molecular weight is 349 g/mol. The van der Waals surface area contributed by atoms with Crippen LogP contribution in [0.2, 0.25) is 0 Å². The zero-order chi connectivity index (χ0) is 14.7. The Labute approximate surface area is 138 Å². The molecule has 0 aromatic rings. The molecule has 0 saturated carbocycles. The highest BCUT2D eigenvalue weighted by atomic mass is 35.5. The van der Waals surface area contributed by atoms with E-state index in [9.17, 15) is 9.59 Å². The van der Waals surface area contributed by atoms with Gasteiger partial charge in [-0.1, -0.05) is 26.7 Å². The lowest BCUT2D eigenvalue weighted by molar-refractivity contribution is -0.146. The molecular formula is C13H26Cl2O6. The summed E-state index contributed by atoms with van der Waals surface area (Å²) in [4.78, 5) is 20.9. The number of carboxylic acid groups (broad SMARTS) is 2. The number of ether oxygens (including phenoxy) is 2. The number of rotatable bonds is 12. The van der Waals surface area contributed by atoms with Crippen LogP contribution in [0, 0.1) is 5.41 Å². The first-order valence-electron chi connectivity index (χ1n) is 6.55. The molecule has 0 rings (SSSR count). The van der Waals surface area contributed by atoms with E-state index in [2.05, 4.69) is 6.92 Å². The number of hydrogen-bond acceptors (Lipinski definition) is 4. The smallest absolute Gasteiger partial charge is 0.329 e. The normalized spacial score (nSPS) is 10.4. The van der Waals surface area contributed by atoms with E-state index in [-0.39, 0.29) is 56.7 Å². The molecule has 0 atom stereocenters. The Morgan fingerprint density at radius 2 is 1.38 bits per heavy atom. The van der Waals surface area contributed by atoms with Crippen molar-refractivity contribution in [2.24, 2.45) is 5.41 Å². The first-order valence-corrected chi connectivity index (χ1v) is 6.55. The standard InChI is InChI=1S/C13H24O6.2ClH/c1-3-5-6-13(4-2,9-18-7-11(14)15)10-19-8-12(16)17;;/h3-10H2,1-2H3,(H,14,15)(H,16,17);2*1H. The molecule has 0 aromatic heterocycles. The summed E-state index contributed by atoms with van der Waals surface area (Å²) in [6.45, 7) is 3.91. The molecule has 0 aliphatic carbocycles. The summed E-state index contributed by atoms with van der Waals surface area (Å²) in [5.74, 6) is -2.01. The first-order chi connectivity index (χ1) is 8.95. The van der Waals surface area contributed by atoms with Crippen molar-refractivity contribution >= 4 is 36.8 Å². The molecule has 0 heterocycles. The van der Waals surface area contributed by atoms with E-state index in [4.69, 9.17) is 19.7 Å². The maximum atomic E-state index is 10.5. The third-order valence-electron chi connectivity index (χ3n) is 3.08. The summed E-state index contributed by atoms with van der Waals surface area (Å²) in [5.41, 5.74) is -0.305. The van der Waals surface area contributed by atoms with Gasteiger partial charge in [-0.15, -0.1) is 24.8 Å². The minimum Gasteiger partial charge on any atom is -0.480 e. The fourth-order valence-electron chi connectivity index (χ4n) is 1.83. The largest absolute Gasteiger partial charge is 0.480 e. The Morgan fingerprint density at radius 1 is 0.952 bits per heavy atom. The zero-order valence-electron chi connectivity index (χ0n) is 12.5. The second-order valence-corrected chi connectivity index (χ2v) is 4.73. The Hall–Kier alpha value is -0.560. The topological polar surface area (TPSA) is 93.1 Å². The van der Waals surface area contributed by atoms with Gasteiger partial charge in [-0.2, -0.15) is 0 Å². The Morgan fingerprint density at radius 3 is 1.67 bits per heavy atom. The monoisotopic (exact) mass is 348 g/mol. The van der Waals surface area contributed by atoms with Crippen LogP contribution in [0.25, 0.3) is 0 Å². The van der Waals surface area contributed by atoms with Crippen LogP contribution < -0.4 is 0 Å². The molecular weight excluding hydrogens is 323 g/mol. The minimum absolute atomic E-state index is 0. The van der Waals surface area contributed by atoms with Crippen molar-refractivity contribution < 1.29 is 29.3 Å². The van der Waals surface area contributed by atoms with Crippen molar-refractivity contribution in [2.45, 2.75) is 39.5 Å². The highest BCUT2D eigenvalue weighted by Gasteiger charge is 2.29. The molecule has 8 heteroatoms. The molecule has 6 nitrogen and oxygen atoms in total. The SMILES string of the molecule is CCCCC(CC)(COCC(=O)O)COCC(=O)O.Cl.Cl. The summed E-state index contributed by atoms with van der Waals surface area (Å²) < 4.78 is 10.4. The fourth-order valence-corrected chi connectivity index (χ4v) is 1.83. The summed E-state index contributed by atoms with van der Waals surface area (Å²) in [6.07, 6.45) is 3.58. The van der Waals surface area contributed by atoms with Gasteiger partial charge in [0.15, 0.2) is 0 Å². The summed E-state index contributed by atoms with van der Waals surface area (Å²) >= 11 is 0. The molecule has 0 spiro atoms. The van der Waals surface area contributed by atoms with E-state index in [0.29, 0.717) is 0 Å². The molecule has 0 amide bonds. The molecule has 21 heavy (non-hydrogen) atoms. The van der Waals surface area contributed by atoms with E-state index in [1.54, 1.807) is 0 Å². The van der Waals surface area contributed by atoms with Crippen LogP contribution in [0.5, 0.6) is 0 Å². The van der Waals surface area contributed by atoms with Gasteiger partial charge in [0.2, 0.25) is 0 Å². The summed E-state index contributed by atoms with van der Waals surface area (Å²) in [5, 5.41) is 17.1. The lowest BCUT2D eigenvalue weighted by atomic mass is 9.82. The molecule has 0 aliphatic heterocycles. The van der Waals surface area contributed by atoms with Crippen molar-refractivity contribution in [3.63, 3.8) is 0 Å². The molecule has 0 aromatic carbocycles. The van der Waals surface area contributed by atoms with Crippen molar-refractivity contribution in [3.05, 3.63) is 0 Å². The fraction of sp³-hybridized carbons (Fsp3) is 0.846. The van der Waals surface area contributed by atoms with Gasteiger partial charge in [-0.3, -0.25) is 0 Å². The third-order valence-corrected chi connectivity index (χ3v) is 3.08. The van der Waals surface area contributed by atoms with E-state index in [1.807, 2.05) is 6.92 Å². The molecule has 0 radical (unpaired) electrons. The molecule has 0 fully saturated rings. The number of hydrogen-bond donors (Lipinski definition) is 2. The molecule has 0 aliphatic rings. The van der Waals surface area contributed by atoms with Gasteiger partial charge in [0.25, 0.3) is 0 Å². The van der Waals surface area contributed by atoms with Crippen LogP contribution >= 0.6 is 24.8 Å². The molecule has 2 N–H and O–H groups in total. The molecule has 0 unspecified atom stereocenters. The maximum absolute atomic E-state index is 10.5. The van der Waals surface area contributed by atoms with Gasteiger partial charge in [0, 0.05) is 5.41 Å². The van der Waals surface area contributed by atoms with Gasteiger partial charge < -0.3 is 19.7 Å². The molecule has 128 valence electrons. The van der Waals surface area contributed by atoms with Crippen molar-refractivity contribution in [1.82, 2.24) is 0 Å². The number of aliphatic carboxylic acids is 2. The second kappa shape index (κ2) is 14.4. The van der Waals surface area contributed by atoms with Crippen LogP contribution in [0.4, 0.5) is 0 Å². The van der Waals surface area contributed by atoms with Crippen molar-refractivity contribution in [3.8, 4) is 0 Å². The summed E-state index contributed by atoms with van der Waals surface area (Å²) in [6, 6.07) is 0. The lowest BCUT2D eigenvalue weighted by Gasteiger charge is -2.32. The third kappa shape index (κ3) is 12.9. The highest BCUT2D eigenvalue weighted by Crippen LogP contribution is 2.30. The first kappa shape index (κ1) is 25.4. The number of unbranched alkanes of at least 4 members (excludes halogenated alkanes) is 1. The lowest BCUT2D eigenvalue weighted by Crippen LogP contribution is -2.33. The van der Waals surface area contributed by atoms with Crippen LogP contribution in [-0.4, -0.2) is 48.6 Å². The maximum Gasteiger partial charge on any atom is 0.329 e. The molecule has 0 bridgehead atoms. The van der Waals surface area contributed by atoms with E-state index in [0.717, 1.165) is 25.7 Å². The number of carbonyl (C=O) groups is 2. The zero-order valence-corrected chi connectivity index (χ0v) is 14.1.